The summed E-state index contributed by atoms with van der Waals surface area (Å²) in [5, 5.41) is 11.5. The van der Waals surface area contributed by atoms with Crippen LogP contribution < -0.4 is 0 Å². The van der Waals surface area contributed by atoms with Gasteiger partial charge in [0.2, 0.25) is 0 Å². The number of thioether (sulfide) groups is 1. The normalized spacial score (nSPS) is 17.6. The summed E-state index contributed by atoms with van der Waals surface area (Å²) in [6, 6.07) is 10.7. The molecule has 7 heteroatoms. The molecule has 1 aromatic carbocycles. The van der Waals surface area contributed by atoms with Gasteiger partial charge >= 0.3 is 5.97 Å². The zero-order valence-electron chi connectivity index (χ0n) is 13.6. The quantitative estimate of drug-likeness (QED) is 0.804. The molecule has 1 aliphatic rings. The molecule has 1 aromatic heterocycles. The van der Waals surface area contributed by atoms with Crippen LogP contribution in [-0.2, 0) is 16.6 Å². The molecule has 128 valence electrons. The summed E-state index contributed by atoms with van der Waals surface area (Å²) in [6.07, 6.45) is 3.70. The number of hydrogen-bond acceptors (Lipinski definition) is 5. The van der Waals surface area contributed by atoms with E-state index in [1.54, 1.807) is 30.3 Å². The van der Waals surface area contributed by atoms with Crippen molar-refractivity contribution in [2.24, 2.45) is 12.0 Å². The predicted octanol–water partition coefficient (Wildman–Crippen LogP) is 4.48. The van der Waals surface area contributed by atoms with Crippen molar-refractivity contribution < 1.29 is 14.6 Å². The molecule has 0 bridgehead atoms. The van der Waals surface area contributed by atoms with E-state index < -0.39 is 5.97 Å². The summed E-state index contributed by atoms with van der Waals surface area (Å²) in [6.45, 7) is 0. The minimum absolute atomic E-state index is 0.0582. The molecule has 25 heavy (non-hydrogen) atoms. The first-order valence-corrected chi connectivity index (χ1v) is 8.56. The molecule has 0 saturated carbocycles. The summed E-state index contributed by atoms with van der Waals surface area (Å²) in [4.78, 5) is 17.1. The van der Waals surface area contributed by atoms with E-state index in [0.717, 1.165) is 5.69 Å². The molecule has 0 radical (unpaired) electrons. The van der Waals surface area contributed by atoms with Gasteiger partial charge in [-0.15, -0.1) is 0 Å². The molecule has 0 saturated heterocycles. The van der Waals surface area contributed by atoms with E-state index in [0.29, 0.717) is 20.7 Å². The number of ether oxygens (including phenoxy) is 1. The Labute approximate surface area is 154 Å². The molecule has 5 nitrogen and oxygen atoms in total. The lowest BCUT2D eigenvalue weighted by Gasteiger charge is -2.02. The summed E-state index contributed by atoms with van der Waals surface area (Å²) < 4.78 is 6.70. The number of aryl methyl sites for hydroxylation is 1. The third-order valence-corrected chi connectivity index (χ3v) is 4.87. The van der Waals surface area contributed by atoms with Crippen LogP contribution in [0.1, 0.15) is 5.69 Å². The standard InChI is InChI=1S/C18H15ClN2O3S/c1-21-9-3-4-13(21)10-14-16(22)15(18(23)24-2)17(25-14)20-12-7-5-11(19)6-8-12/h3-10,22H,1-2H3. The Morgan fingerprint density at radius 3 is 2.64 bits per heavy atom. The van der Waals surface area contributed by atoms with E-state index in [4.69, 9.17) is 16.3 Å². The van der Waals surface area contributed by atoms with E-state index in [2.05, 4.69) is 4.99 Å². The van der Waals surface area contributed by atoms with Gasteiger partial charge in [0.05, 0.1) is 17.7 Å². The fourth-order valence-corrected chi connectivity index (χ4v) is 3.43. The minimum Gasteiger partial charge on any atom is -0.506 e. The molecule has 0 fully saturated rings. The van der Waals surface area contributed by atoms with Crippen LogP contribution in [0.2, 0.25) is 5.02 Å². The van der Waals surface area contributed by atoms with Gasteiger partial charge in [0.25, 0.3) is 0 Å². The zero-order valence-corrected chi connectivity index (χ0v) is 15.1. The molecule has 0 atom stereocenters. The van der Waals surface area contributed by atoms with Gasteiger partial charge in [-0.25, -0.2) is 9.79 Å². The number of aliphatic imine (C=N–C) groups is 1. The summed E-state index contributed by atoms with van der Waals surface area (Å²) in [5.41, 5.74) is 1.58. The molecular formula is C18H15ClN2O3S. The number of aliphatic hydroxyl groups excluding tert-OH is 1. The largest absolute Gasteiger partial charge is 0.506 e. The van der Waals surface area contributed by atoms with Gasteiger partial charge in [-0.2, -0.15) is 0 Å². The lowest BCUT2D eigenvalue weighted by Crippen LogP contribution is -2.10. The van der Waals surface area contributed by atoms with Crippen LogP contribution in [0, 0.1) is 0 Å². The Bertz CT molecular complexity index is 911. The van der Waals surface area contributed by atoms with Gasteiger partial charge in [0.15, 0.2) is 0 Å². The Kier molecular flexibility index (Phi) is 5.01. The Balaban J connectivity index is 2.04. The first kappa shape index (κ1) is 17.4. The van der Waals surface area contributed by atoms with Crippen molar-refractivity contribution in [2.75, 3.05) is 7.11 Å². The van der Waals surface area contributed by atoms with E-state index >= 15 is 0 Å². The number of carbonyl (C=O) groups is 1. The number of hydrogen-bond donors (Lipinski definition) is 1. The van der Waals surface area contributed by atoms with E-state index in [1.807, 2.05) is 29.9 Å². The van der Waals surface area contributed by atoms with Crippen LogP contribution in [0.4, 0.5) is 5.69 Å². The molecule has 0 unspecified atom stereocenters. The van der Waals surface area contributed by atoms with Crippen LogP contribution in [-0.4, -0.2) is 27.8 Å². The Morgan fingerprint density at radius 2 is 2.04 bits per heavy atom. The zero-order chi connectivity index (χ0) is 18.0. The number of halogens is 1. The molecule has 3 rings (SSSR count). The van der Waals surface area contributed by atoms with E-state index in [-0.39, 0.29) is 11.3 Å². The molecule has 2 aromatic rings. The third-order valence-electron chi connectivity index (χ3n) is 3.60. The van der Waals surface area contributed by atoms with Gasteiger partial charge in [-0.1, -0.05) is 23.4 Å². The number of carbonyl (C=O) groups excluding carboxylic acids is 1. The lowest BCUT2D eigenvalue weighted by molar-refractivity contribution is -0.135. The van der Waals surface area contributed by atoms with Crippen LogP contribution in [0.3, 0.4) is 0 Å². The highest BCUT2D eigenvalue weighted by molar-refractivity contribution is 8.18. The molecule has 1 aliphatic heterocycles. The van der Waals surface area contributed by atoms with Crippen LogP contribution in [0.25, 0.3) is 6.08 Å². The number of methoxy groups -OCH3 is 1. The maximum absolute atomic E-state index is 12.1. The molecule has 2 heterocycles. The predicted molar refractivity (Wildman–Crippen MR) is 101 cm³/mol. The second kappa shape index (κ2) is 7.21. The van der Waals surface area contributed by atoms with Gasteiger partial charge in [-0.05, 0) is 42.5 Å². The summed E-state index contributed by atoms with van der Waals surface area (Å²) >= 11 is 7.10. The Morgan fingerprint density at radius 1 is 1.32 bits per heavy atom. The fraction of sp³-hybridized carbons (Fsp3) is 0.111. The fourth-order valence-electron chi connectivity index (χ4n) is 2.28. The number of nitrogens with zero attached hydrogens (tertiary/aromatic N) is 2. The van der Waals surface area contributed by atoms with Crippen molar-refractivity contribution in [1.82, 2.24) is 4.57 Å². The average molecular weight is 375 g/mol. The summed E-state index contributed by atoms with van der Waals surface area (Å²) in [5.74, 6) is -0.765. The number of aromatic nitrogens is 1. The SMILES string of the molecule is COC(=O)C1=C(O)C(=Cc2cccn2C)SC1=Nc1ccc(Cl)cc1. The minimum atomic E-state index is -0.631. The lowest BCUT2D eigenvalue weighted by atomic mass is 10.2. The van der Waals surface area contributed by atoms with Crippen LogP contribution in [0.15, 0.2) is 63.8 Å². The highest BCUT2D eigenvalue weighted by Crippen LogP contribution is 2.40. The maximum Gasteiger partial charge on any atom is 0.344 e. The highest BCUT2D eigenvalue weighted by Gasteiger charge is 2.33. The molecule has 0 amide bonds. The molecule has 0 aliphatic carbocycles. The second-order valence-electron chi connectivity index (χ2n) is 5.26. The van der Waals surface area contributed by atoms with Gasteiger partial charge in [0, 0.05) is 24.0 Å². The number of benzene rings is 1. The van der Waals surface area contributed by atoms with Crippen molar-refractivity contribution in [3.05, 3.63) is 69.5 Å². The van der Waals surface area contributed by atoms with Gasteiger partial charge in [0.1, 0.15) is 16.4 Å². The maximum atomic E-state index is 12.1. The van der Waals surface area contributed by atoms with Crippen molar-refractivity contribution in [3.63, 3.8) is 0 Å². The van der Waals surface area contributed by atoms with Crippen molar-refractivity contribution in [1.29, 1.82) is 0 Å². The first-order valence-electron chi connectivity index (χ1n) is 7.37. The van der Waals surface area contributed by atoms with E-state index in [1.165, 1.54) is 18.9 Å². The molecular weight excluding hydrogens is 360 g/mol. The molecule has 1 N–H and O–H groups in total. The van der Waals surface area contributed by atoms with Crippen LogP contribution in [0.5, 0.6) is 0 Å². The number of aliphatic hydroxyl groups is 1. The van der Waals surface area contributed by atoms with Gasteiger partial charge in [-0.3, -0.25) is 0 Å². The summed E-state index contributed by atoms with van der Waals surface area (Å²) in [7, 11) is 3.17. The monoisotopic (exact) mass is 374 g/mol. The smallest absolute Gasteiger partial charge is 0.344 e. The first-order chi connectivity index (χ1) is 12.0. The Hall–Kier alpha value is -2.44. The number of rotatable bonds is 3. The second-order valence-corrected chi connectivity index (χ2v) is 6.73. The van der Waals surface area contributed by atoms with Crippen molar-refractivity contribution in [3.8, 4) is 0 Å². The highest BCUT2D eigenvalue weighted by atomic mass is 35.5. The van der Waals surface area contributed by atoms with E-state index in [9.17, 15) is 9.90 Å². The molecule has 0 spiro atoms. The van der Waals surface area contributed by atoms with Gasteiger partial charge < -0.3 is 14.4 Å². The van der Waals surface area contributed by atoms with Crippen molar-refractivity contribution >= 4 is 46.1 Å². The number of esters is 1. The topological polar surface area (TPSA) is 63.8 Å². The van der Waals surface area contributed by atoms with Crippen molar-refractivity contribution in [2.45, 2.75) is 0 Å². The average Bonchev–Trinajstić information content (AvgIpc) is 3.13. The van der Waals surface area contributed by atoms with Crippen LogP contribution >= 0.6 is 23.4 Å². The third kappa shape index (κ3) is 3.65.